The zero-order chi connectivity index (χ0) is 11.5. The summed E-state index contributed by atoms with van der Waals surface area (Å²) in [5.74, 6) is 0. The third kappa shape index (κ3) is 3.54. The Bertz CT molecular complexity index is 306. The van der Waals surface area contributed by atoms with Crippen LogP contribution in [0, 0.1) is 0 Å². The summed E-state index contributed by atoms with van der Waals surface area (Å²) in [5.41, 5.74) is 0.445. The fraction of sp³-hybridized carbons (Fsp3) is 0.667. The maximum atomic E-state index is 12.5. The van der Waals surface area contributed by atoms with Crippen LogP contribution in [0.3, 0.4) is 0 Å². The van der Waals surface area contributed by atoms with Gasteiger partial charge in [-0.25, -0.2) is 0 Å². The first-order valence-corrected chi connectivity index (χ1v) is 4.72. The van der Waals surface area contributed by atoms with Crippen LogP contribution in [0.25, 0.3) is 0 Å². The van der Waals surface area contributed by atoms with Crippen LogP contribution in [-0.2, 0) is 13.5 Å². The van der Waals surface area contributed by atoms with E-state index in [1.165, 1.54) is 4.68 Å². The molecule has 0 spiro atoms. The van der Waals surface area contributed by atoms with Crippen molar-refractivity contribution in [2.45, 2.75) is 25.6 Å². The Hall–Kier alpha value is -1.04. The van der Waals surface area contributed by atoms with Crippen LogP contribution in [0.2, 0.25) is 0 Å². The number of alkyl halides is 3. The van der Waals surface area contributed by atoms with E-state index in [1.807, 2.05) is 0 Å². The van der Waals surface area contributed by atoms with E-state index in [2.05, 4.69) is 10.4 Å². The largest absolute Gasteiger partial charge is 0.404 e. The molecule has 1 N–H and O–H groups in total. The van der Waals surface area contributed by atoms with E-state index in [1.54, 1.807) is 26.2 Å². The molecule has 86 valence electrons. The predicted octanol–water partition coefficient (Wildman–Crippen LogP) is 1.50. The van der Waals surface area contributed by atoms with Crippen molar-refractivity contribution in [3.8, 4) is 0 Å². The lowest BCUT2D eigenvalue weighted by Gasteiger charge is -2.19. The van der Waals surface area contributed by atoms with E-state index in [0.29, 0.717) is 5.69 Å². The van der Waals surface area contributed by atoms with Gasteiger partial charge in [0.25, 0.3) is 0 Å². The number of rotatable bonds is 4. The average molecular weight is 221 g/mol. The third-order valence-electron chi connectivity index (χ3n) is 2.03. The average Bonchev–Trinajstić information content (AvgIpc) is 2.49. The minimum atomic E-state index is -4.23. The number of halogens is 3. The molecule has 0 saturated carbocycles. The molecule has 1 atom stereocenters. The van der Waals surface area contributed by atoms with Crippen molar-refractivity contribution in [2.24, 2.45) is 7.05 Å². The molecule has 0 aromatic carbocycles. The maximum Gasteiger partial charge on any atom is 0.404 e. The smallest absolute Gasteiger partial charge is 0.306 e. The van der Waals surface area contributed by atoms with E-state index < -0.39 is 12.2 Å². The summed E-state index contributed by atoms with van der Waals surface area (Å²) >= 11 is 0. The van der Waals surface area contributed by atoms with Crippen LogP contribution < -0.4 is 5.32 Å². The molecular weight excluding hydrogens is 207 g/mol. The zero-order valence-electron chi connectivity index (χ0n) is 8.67. The quantitative estimate of drug-likeness (QED) is 0.835. The highest BCUT2D eigenvalue weighted by Crippen LogP contribution is 2.22. The fourth-order valence-corrected chi connectivity index (χ4v) is 1.33. The molecule has 0 radical (unpaired) electrons. The van der Waals surface area contributed by atoms with Gasteiger partial charge in [0, 0.05) is 19.7 Å². The lowest BCUT2D eigenvalue weighted by molar-refractivity contribution is -0.155. The van der Waals surface area contributed by atoms with E-state index in [4.69, 9.17) is 0 Å². The van der Waals surface area contributed by atoms with Gasteiger partial charge in [0.15, 0.2) is 0 Å². The highest BCUT2D eigenvalue weighted by atomic mass is 19.4. The molecule has 0 saturated heterocycles. The molecule has 6 heteroatoms. The van der Waals surface area contributed by atoms with Crippen LogP contribution in [0.1, 0.15) is 12.6 Å². The number of hydrogen-bond acceptors (Lipinski definition) is 2. The first-order valence-electron chi connectivity index (χ1n) is 4.72. The summed E-state index contributed by atoms with van der Waals surface area (Å²) in [7, 11) is 1.68. The van der Waals surface area contributed by atoms with Gasteiger partial charge < -0.3 is 5.32 Å². The van der Waals surface area contributed by atoms with Gasteiger partial charge in [-0.2, -0.15) is 18.3 Å². The first-order chi connectivity index (χ1) is 6.93. The van der Waals surface area contributed by atoms with Gasteiger partial charge in [0.05, 0.1) is 5.69 Å². The second kappa shape index (κ2) is 4.65. The minimum absolute atomic E-state index is 0.127. The highest BCUT2D eigenvalue weighted by molar-refractivity contribution is 5.02. The van der Waals surface area contributed by atoms with Crippen molar-refractivity contribution < 1.29 is 13.2 Å². The Morgan fingerprint density at radius 1 is 1.53 bits per heavy atom. The highest BCUT2D eigenvalue weighted by Gasteiger charge is 2.39. The van der Waals surface area contributed by atoms with Crippen molar-refractivity contribution in [3.05, 3.63) is 18.0 Å². The summed E-state index contributed by atoms with van der Waals surface area (Å²) in [6.07, 6.45) is -2.72. The lowest BCUT2D eigenvalue weighted by atomic mass is 10.1. The van der Waals surface area contributed by atoms with E-state index in [0.717, 1.165) is 0 Å². The molecule has 0 amide bonds. The van der Waals surface area contributed by atoms with Gasteiger partial charge >= 0.3 is 6.18 Å². The van der Waals surface area contributed by atoms with Crippen LogP contribution in [0.5, 0.6) is 0 Å². The second-order valence-electron chi connectivity index (χ2n) is 3.34. The number of likely N-dealkylation sites (N-methyl/N-ethyl adjacent to an activating group) is 1. The fourth-order valence-electron chi connectivity index (χ4n) is 1.33. The molecule has 0 fully saturated rings. The molecule has 1 heterocycles. The maximum absolute atomic E-state index is 12.5. The van der Waals surface area contributed by atoms with Gasteiger partial charge in [-0.05, 0) is 12.6 Å². The lowest BCUT2D eigenvalue weighted by Crippen LogP contribution is -2.43. The van der Waals surface area contributed by atoms with E-state index in [-0.39, 0.29) is 13.0 Å². The van der Waals surface area contributed by atoms with Gasteiger partial charge in [-0.1, -0.05) is 6.92 Å². The molecule has 0 aliphatic rings. The Labute approximate surface area is 86.3 Å². The predicted molar refractivity (Wildman–Crippen MR) is 50.4 cm³/mol. The summed E-state index contributed by atoms with van der Waals surface area (Å²) in [5, 5.41) is 6.33. The van der Waals surface area contributed by atoms with Crippen LogP contribution >= 0.6 is 0 Å². The molecule has 1 aromatic rings. The van der Waals surface area contributed by atoms with Crippen LogP contribution in [0.15, 0.2) is 12.3 Å². The Morgan fingerprint density at radius 2 is 2.20 bits per heavy atom. The molecule has 1 unspecified atom stereocenters. The molecule has 3 nitrogen and oxygen atoms in total. The monoisotopic (exact) mass is 221 g/mol. The van der Waals surface area contributed by atoms with Crippen molar-refractivity contribution in [1.29, 1.82) is 0 Å². The van der Waals surface area contributed by atoms with Crippen molar-refractivity contribution >= 4 is 0 Å². The normalized spacial score (nSPS) is 14.2. The summed E-state index contributed by atoms with van der Waals surface area (Å²) in [4.78, 5) is 0. The number of aryl methyl sites for hydroxylation is 1. The number of nitrogens with one attached hydrogen (secondary N) is 1. The van der Waals surface area contributed by atoms with Crippen LogP contribution in [0.4, 0.5) is 13.2 Å². The topological polar surface area (TPSA) is 29.9 Å². The Balaban J connectivity index is 2.66. The minimum Gasteiger partial charge on any atom is -0.306 e. The standard InChI is InChI=1S/C9H14F3N3/c1-3-13-8(9(10,11)12)6-7-4-5-15(2)14-7/h4-5,8,13H,3,6H2,1-2H3. The van der Waals surface area contributed by atoms with Crippen molar-refractivity contribution in [2.75, 3.05) is 6.54 Å². The van der Waals surface area contributed by atoms with Gasteiger partial charge in [0.2, 0.25) is 0 Å². The van der Waals surface area contributed by atoms with E-state index >= 15 is 0 Å². The summed E-state index contributed by atoms with van der Waals surface area (Å²) in [6, 6.07) is 0.0770. The SMILES string of the molecule is CCNC(Cc1ccn(C)n1)C(F)(F)F. The number of aromatic nitrogens is 2. The molecule has 15 heavy (non-hydrogen) atoms. The summed E-state index contributed by atoms with van der Waals surface area (Å²) in [6.45, 7) is 1.94. The molecule has 0 aliphatic heterocycles. The van der Waals surface area contributed by atoms with E-state index in [9.17, 15) is 13.2 Å². The third-order valence-corrected chi connectivity index (χ3v) is 2.03. The molecule has 1 aromatic heterocycles. The Kier molecular flexibility index (Phi) is 3.73. The van der Waals surface area contributed by atoms with Gasteiger partial charge in [0.1, 0.15) is 6.04 Å². The zero-order valence-corrected chi connectivity index (χ0v) is 8.67. The molecule has 0 bridgehead atoms. The number of nitrogens with zero attached hydrogens (tertiary/aromatic N) is 2. The summed E-state index contributed by atoms with van der Waals surface area (Å²) < 4.78 is 39.0. The Morgan fingerprint density at radius 3 is 2.60 bits per heavy atom. The molecular formula is C9H14F3N3. The van der Waals surface area contributed by atoms with Crippen LogP contribution in [-0.4, -0.2) is 28.5 Å². The van der Waals surface area contributed by atoms with Crippen molar-refractivity contribution in [3.63, 3.8) is 0 Å². The first kappa shape index (κ1) is 12.0. The van der Waals surface area contributed by atoms with Gasteiger partial charge in [-0.3, -0.25) is 4.68 Å². The molecule has 0 aliphatic carbocycles. The van der Waals surface area contributed by atoms with Crippen molar-refractivity contribution in [1.82, 2.24) is 15.1 Å². The number of hydrogen-bond donors (Lipinski definition) is 1. The molecule has 1 rings (SSSR count). The second-order valence-corrected chi connectivity index (χ2v) is 3.34. The van der Waals surface area contributed by atoms with Gasteiger partial charge in [-0.15, -0.1) is 0 Å².